The largest absolute Gasteiger partial charge is 1.00 e. The third-order valence-corrected chi connectivity index (χ3v) is 12.1. The summed E-state index contributed by atoms with van der Waals surface area (Å²) in [7, 11) is 0. The Hall–Kier alpha value is -0.630. The van der Waals surface area contributed by atoms with Gasteiger partial charge in [0.25, 0.3) is 0 Å². The van der Waals surface area contributed by atoms with Gasteiger partial charge in [-0.05, 0) is 0 Å². The molecule has 152 valence electrons. The quantitative estimate of drug-likeness (QED) is 0.463. The monoisotopic (exact) mass is 592 g/mol. The van der Waals surface area contributed by atoms with Crippen LogP contribution in [0.25, 0.3) is 11.1 Å². The summed E-state index contributed by atoms with van der Waals surface area (Å²) < 4.78 is 1.42. The summed E-state index contributed by atoms with van der Waals surface area (Å²) in [6, 6.07) is 14.6. The first kappa shape index (κ1) is 24.6. The maximum absolute atomic E-state index is 2.53. The summed E-state index contributed by atoms with van der Waals surface area (Å²) in [5.41, 5.74) is 9.54. The molecular weight excluding hydrogens is 562 g/mol. The zero-order chi connectivity index (χ0) is 19.4. The molecule has 0 saturated carbocycles. The Kier molecular flexibility index (Phi) is 7.52. The molecule has 0 unspecified atom stereocenters. The van der Waals surface area contributed by atoms with Gasteiger partial charge in [0, 0.05) is 0 Å². The molecule has 4 rings (SSSR count). The number of allylic oxidation sites excluding steroid dienone is 4. The molecule has 0 atom stereocenters. The number of halogens is 2. The second-order valence-corrected chi connectivity index (χ2v) is 15.7. The molecule has 0 amide bonds. The Balaban J connectivity index is 0.00000150. The summed E-state index contributed by atoms with van der Waals surface area (Å²) in [6.45, 7) is 14.0. The van der Waals surface area contributed by atoms with E-state index in [4.69, 9.17) is 0 Å². The van der Waals surface area contributed by atoms with Gasteiger partial charge >= 0.3 is 177 Å². The molecule has 0 aliphatic heterocycles. The van der Waals surface area contributed by atoms with Crippen molar-refractivity contribution in [3.63, 3.8) is 0 Å². The van der Waals surface area contributed by atoms with E-state index in [2.05, 4.69) is 102 Å². The van der Waals surface area contributed by atoms with Crippen molar-refractivity contribution in [1.29, 1.82) is 0 Å². The molecule has 3 heteroatoms. The summed E-state index contributed by atoms with van der Waals surface area (Å²) in [4.78, 5) is 0. The number of hydrogen-bond acceptors (Lipinski definition) is 0. The summed E-state index contributed by atoms with van der Waals surface area (Å²) in [5, 5.41) is 0. The van der Waals surface area contributed by atoms with Crippen LogP contribution in [-0.2, 0) is 33.7 Å². The Labute approximate surface area is 200 Å². The molecule has 0 N–H and O–H groups in total. The van der Waals surface area contributed by atoms with E-state index in [1.807, 2.05) is 0 Å². The van der Waals surface area contributed by atoms with Gasteiger partial charge in [-0.2, -0.15) is 0 Å². The summed E-state index contributed by atoms with van der Waals surface area (Å²) in [5.74, 6) is 0. The maximum atomic E-state index is 2.53. The zero-order valence-electron chi connectivity index (χ0n) is 18.2. The minimum Gasteiger partial charge on any atom is -1.00 e. The molecule has 2 aliphatic rings. The number of fused-ring (bicyclic) bond motifs is 3. The van der Waals surface area contributed by atoms with Crippen molar-refractivity contribution in [3.8, 4) is 11.1 Å². The molecule has 0 radical (unpaired) electrons. The minimum absolute atomic E-state index is 0. The van der Waals surface area contributed by atoms with Gasteiger partial charge < -0.3 is 24.8 Å². The van der Waals surface area contributed by atoms with Crippen LogP contribution in [0.1, 0.15) is 67.5 Å². The molecule has 2 aromatic carbocycles. The molecule has 2 aromatic rings. The van der Waals surface area contributed by atoms with Gasteiger partial charge in [-0.1, -0.05) is 0 Å². The van der Waals surface area contributed by atoms with Crippen molar-refractivity contribution in [1.82, 2.24) is 0 Å². The fourth-order valence-corrected chi connectivity index (χ4v) is 10.1. The van der Waals surface area contributed by atoms with Gasteiger partial charge in [0.2, 0.25) is 0 Å². The van der Waals surface area contributed by atoms with E-state index in [0.29, 0.717) is 3.67 Å². The Morgan fingerprint density at radius 3 is 1.45 bits per heavy atom. The molecule has 0 fully saturated rings. The van der Waals surface area contributed by atoms with E-state index in [-0.39, 0.29) is 35.6 Å². The first-order chi connectivity index (χ1) is 12.6. The smallest absolute Gasteiger partial charge is 1.00 e. The Morgan fingerprint density at radius 1 is 0.655 bits per heavy atom. The fraction of sp³-hybridized carbons (Fsp3) is 0.385. The molecule has 0 aromatic heterocycles. The predicted octanol–water partition coefficient (Wildman–Crippen LogP) is 1.36. The molecule has 0 nitrogen and oxygen atoms in total. The van der Waals surface area contributed by atoms with Crippen LogP contribution in [-0.4, -0.2) is 0 Å². The van der Waals surface area contributed by atoms with Gasteiger partial charge in [-0.15, -0.1) is 0 Å². The second kappa shape index (κ2) is 8.85. The summed E-state index contributed by atoms with van der Waals surface area (Å²) >= 11 is -0.949. The van der Waals surface area contributed by atoms with Gasteiger partial charge in [0.1, 0.15) is 0 Å². The molecule has 0 heterocycles. The van der Waals surface area contributed by atoms with E-state index in [0.717, 1.165) is 3.67 Å². The second-order valence-electron chi connectivity index (χ2n) is 10.00. The average molecular weight is 592 g/mol. The molecule has 0 bridgehead atoms. The van der Waals surface area contributed by atoms with Crippen LogP contribution < -0.4 is 24.8 Å². The van der Waals surface area contributed by atoms with E-state index < -0.39 is 22.9 Å². The third-order valence-electron chi connectivity index (χ3n) is 5.85. The number of benzene rings is 2. The van der Waals surface area contributed by atoms with Crippen LogP contribution in [0.4, 0.5) is 0 Å². The van der Waals surface area contributed by atoms with Crippen molar-refractivity contribution >= 4 is 0 Å². The predicted molar refractivity (Wildman–Crippen MR) is 113 cm³/mol. The SMILES string of the molecule is CC(C)(C)c1ccc2c(c1)[CH]([Hf+2][CH]1C=CC=C1)c1cc(C(C)(C)C)ccc1-2.[Cl-].[Cl-]. The average Bonchev–Trinajstić information content (AvgIpc) is 3.20. The van der Waals surface area contributed by atoms with Crippen molar-refractivity contribution in [3.05, 3.63) is 83.0 Å². The van der Waals surface area contributed by atoms with Gasteiger partial charge in [0.15, 0.2) is 0 Å². The maximum Gasteiger partial charge on any atom is -1.00 e. The van der Waals surface area contributed by atoms with E-state index in [9.17, 15) is 0 Å². The van der Waals surface area contributed by atoms with Crippen LogP contribution >= 0.6 is 0 Å². The first-order valence-corrected chi connectivity index (χ1v) is 14.2. The van der Waals surface area contributed by atoms with Crippen LogP contribution in [0.15, 0.2) is 60.7 Å². The summed E-state index contributed by atoms with van der Waals surface area (Å²) in [6.07, 6.45) is 9.35. The van der Waals surface area contributed by atoms with E-state index in [1.54, 1.807) is 11.1 Å². The topological polar surface area (TPSA) is 0 Å². The van der Waals surface area contributed by atoms with Crippen LogP contribution in [0.5, 0.6) is 0 Å². The van der Waals surface area contributed by atoms with Crippen LogP contribution in [0.2, 0.25) is 3.67 Å². The van der Waals surface area contributed by atoms with E-state index in [1.165, 1.54) is 22.3 Å². The third kappa shape index (κ3) is 4.83. The van der Waals surface area contributed by atoms with Crippen molar-refractivity contribution < 1.29 is 47.7 Å². The molecule has 0 saturated heterocycles. The Bertz CT molecular complexity index is 867. The van der Waals surface area contributed by atoms with Crippen molar-refractivity contribution in [2.45, 2.75) is 59.7 Å². The first-order valence-electron chi connectivity index (χ1n) is 10.0. The van der Waals surface area contributed by atoms with Gasteiger partial charge in [0.05, 0.1) is 0 Å². The zero-order valence-corrected chi connectivity index (χ0v) is 23.3. The number of rotatable bonds is 2. The van der Waals surface area contributed by atoms with Gasteiger partial charge in [-0.25, -0.2) is 0 Å². The van der Waals surface area contributed by atoms with E-state index >= 15 is 0 Å². The van der Waals surface area contributed by atoms with Crippen LogP contribution in [0.3, 0.4) is 0 Å². The van der Waals surface area contributed by atoms with Crippen LogP contribution in [0, 0.1) is 0 Å². The van der Waals surface area contributed by atoms with Gasteiger partial charge in [-0.3, -0.25) is 0 Å². The molecule has 2 aliphatic carbocycles. The van der Waals surface area contributed by atoms with Crippen molar-refractivity contribution in [2.24, 2.45) is 0 Å². The Morgan fingerprint density at radius 2 is 1.07 bits per heavy atom. The molecular formula is C26H30Cl2Hf. The molecule has 0 spiro atoms. The minimum atomic E-state index is -0.949. The standard InChI is InChI=1S/C21H25.C5H5.2ClH.Hf/c1-20(2,3)16-7-9-18-14(12-16)11-15-13-17(21(4,5)6)8-10-19(15)18;1-2-4-5-3-1;;;/h7-13H,1-6H3;1-5H;2*1H;/q;;;;+2/p-2. The number of hydrogen-bond donors (Lipinski definition) is 0. The molecule has 29 heavy (non-hydrogen) atoms. The fourth-order valence-electron chi connectivity index (χ4n) is 4.11. The normalized spacial score (nSPS) is 15.4. The van der Waals surface area contributed by atoms with Crippen molar-refractivity contribution in [2.75, 3.05) is 0 Å².